The van der Waals surface area contributed by atoms with Gasteiger partial charge in [0.2, 0.25) is 0 Å². The van der Waals surface area contributed by atoms with Gasteiger partial charge in [-0.25, -0.2) is 0 Å². The molecule has 0 bridgehead atoms. The summed E-state index contributed by atoms with van der Waals surface area (Å²) in [7, 11) is 1.82. The molecule has 0 saturated carbocycles. The van der Waals surface area contributed by atoms with Crippen LogP contribution in [-0.2, 0) is 16.0 Å². The van der Waals surface area contributed by atoms with E-state index in [0.29, 0.717) is 61.5 Å². The molecule has 0 aliphatic heterocycles. The zero-order valence-corrected chi connectivity index (χ0v) is 17.2. The minimum atomic E-state index is -0.734. The van der Waals surface area contributed by atoms with Crippen LogP contribution in [0.2, 0.25) is 0 Å². The number of aryl methyl sites for hydroxylation is 1. The fraction of sp³-hybridized carbons (Fsp3) is 0.500. The SMILES string of the molecule is CCCNC(=O)C(=CO)C(=O)n1nc(CC)c(/C=C/C=O)c1N(C)CC(C)C. The van der Waals surface area contributed by atoms with Gasteiger partial charge in [-0.15, -0.1) is 0 Å². The van der Waals surface area contributed by atoms with E-state index in [9.17, 15) is 19.5 Å². The van der Waals surface area contributed by atoms with Gasteiger partial charge in [-0.05, 0) is 30.9 Å². The number of hydrogen-bond donors (Lipinski definition) is 2. The molecule has 8 nitrogen and oxygen atoms in total. The van der Waals surface area contributed by atoms with Crippen molar-refractivity contribution in [2.24, 2.45) is 5.92 Å². The van der Waals surface area contributed by atoms with Crippen molar-refractivity contribution in [1.82, 2.24) is 15.1 Å². The molecule has 8 heteroatoms. The summed E-state index contributed by atoms with van der Waals surface area (Å²) in [6.45, 7) is 8.87. The van der Waals surface area contributed by atoms with Crippen molar-refractivity contribution in [3.05, 3.63) is 29.2 Å². The van der Waals surface area contributed by atoms with Crippen molar-refractivity contribution in [1.29, 1.82) is 0 Å². The number of aromatic nitrogens is 2. The summed E-state index contributed by atoms with van der Waals surface area (Å²) >= 11 is 0. The van der Waals surface area contributed by atoms with E-state index in [2.05, 4.69) is 10.4 Å². The van der Waals surface area contributed by atoms with Crippen LogP contribution in [0.3, 0.4) is 0 Å². The molecule has 0 spiro atoms. The molecule has 1 aromatic heterocycles. The normalized spacial score (nSPS) is 11.9. The summed E-state index contributed by atoms with van der Waals surface area (Å²) < 4.78 is 1.12. The quantitative estimate of drug-likeness (QED) is 0.209. The standard InChI is InChI=1S/C20H30N4O4/c1-6-10-21-18(27)16(13-26)20(28)24-19(23(5)12-14(3)4)15(9-8-11-25)17(7-2)22-24/h8-9,11,13-14,26H,6-7,10,12H2,1-5H3,(H,21,27)/b9-8+,16-13?. The summed E-state index contributed by atoms with van der Waals surface area (Å²) in [6, 6.07) is 0. The molecular formula is C20H30N4O4. The Morgan fingerprint density at radius 1 is 1.32 bits per heavy atom. The number of rotatable bonds is 10. The first-order valence-corrected chi connectivity index (χ1v) is 9.44. The number of aliphatic hydroxyl groups is 1. The van der Waals surface area contributed by atoms with Crippen molar-refractivity contribution in [3.63, 3.8) is 0 Å². The molecule has 0 aromatic carbocycles. The van der Waals surface area contributed by atoms with Gasteiger partial charge in [0.25, 0.3) is 11.8 Å². The van der Waals surface area contributed by atoms with Gasteiger partial charge in [0.05, 0.1) is 12.0 Å². The second-order valence-electron chi connectivity index (χ2n) is 6.82. The maximum absolute atomic E-state index is 13.0. The number of hydrogen-bond acceptors (Lipinski definition) is 6. The lowest BCUT2D eigenvalue weighted by molar-refractivity contribution is -0.117. The van der Waals surface area contributed by atoms with Crippen LogP contribution in [0.4, 0.5) is 5.82 Å². The maximum Gasteiger partial charge on any atom is 0.288 e. The number of aldehydes is 1. The zero-order chi connectivity index (χ0) is 21.3. The predicted octanol–water partition coefficient (Wildman–Crippen LogP) is 2.36. The third kappa shape index (κ3) is 5.55. The Labute approximate surface area is 165 Å². The zero-order valence-electron chi connectivity index (χ0n) is 17.2. The molecule has 0 fully saturated rings. The molecule has 0 aliphatic rings. The van der Waals surface area contributed by atoms with Crippen LogP contribution in [0, 0.1) is 5.92 Å². The average molecular weight is 390 g/mol. The first kappa shape index (κ1) is 23.1. The van der Waals surface area contributed by atoms with Crippen molar-refractivity contribution >= 4 is 30.0 Å². The smallest absolute Gasteiger partial charge is 0.288 e. The number of nitrogens with zero attached hydrogens (tertiary/aromatic N) is 3. The van der Waals surface area contributed by atoms with Gasteiger partial charge in [-0.1, -0.05) is 27.7 Å². The number of allylic oxidation sites excluding steroid dienone is 1. The molecule has 2 N–H and O–H groups in total. The monoisotopic (exact) mass is 390 g/mol. The lowest BCUT2D eigenvalue weighted by Crippen LogP contribution is -2.34. The Kier molecular flexibility index (Phi) is 9.14. The van der Waals surface area contributed by atoms with Crippen molar-refractivity contribution in [2.75, 3.05) is 25.0 Å². The molecule has 154 valence electrons. The van der Waals surface area contributed by atoms with Crippen LogP contribution < -0.4 is 10.2 Å². The van der Waals surface area contributed by atoms with Gasteiger partial charge in [0.15, 0.2) is 0 Å². The second-order valence-corrected chi connectivity index (χ2v) is 6.82. The number of aliphatic hydroxyl groups excluding tert-OH is 1. The number of carbonyl (C=O) groups is 3. The Hall–Kier alpha value is -2.90. The minimum Gasteiger partial charge on any atom is -0.515 e. The Bertz CT molecular complexity index is 763. The van der Waals surface area contributed by atoms with E-state index >= 15 is 0 Å². The number of nitrogens with one attached hydrogen (secondary N) is 1. The van der Waals surface area contributed by atoms with Gasteiger partial charge in [-0.2, -0.15) is 9.78 Å². The lowest BCUT2D eigenvalue weighted by atomic mass is 10.1. The van der Waals surface area contributed by atoms with Crippen LogP contribution >= 0.6 is 0 Å². The first-order valence-electron chi connectivity index (χ1n) is 9.44. The second kappa shape index (κ2) is 11.1. The topological polar surface area (TPSA) is 105 Å². The third-order valence-corrected chi connectivity index (χ3v) is 3.98. The van der Waals surface area contributed by atoms with Crippen molar-refractivity contribution in [2.45, 2.75) is 40.5 Å². The summed E-state index contributed by atoms with van der Waals surface area (Å²) in [4.78, 5) is 38.0. The number of amides is 1. The summed E-state index contributed by atoms with van der Waals surface area (Å²) in [6.07, 6.45) is 5.34. The number of carbonyl (C=O) groups excluding carboxylic acids is 3. The van der Waals surface area contributed by atoms with Crippen molar-refractivity contribution in [3.8, 4) is 0 Å². The van der Waals surface area contributed by atoms with Crippen LogP contribution in [0.25, 0.3) is 6.08 Å². The fourth-order valence-electron chi connectivity index (χ4n) is 2.83. The Balaban J connectivity index is 3.52. The Morgan fingerprint density at radius 2 is 2.00 bits per heavy atom. The molecule has 1 heterocycles. The lowest BCUT2D eigenvalue weighted by Gasteiger charge is -2.23. The van der Waals surface area contributed by atoms with Crippen LogP contribution in [0.5, 0.6) is 0 Å². The minimum absolute atomic E-state index is 0.303. The van der Waals surface area contributed by atoms with Gasteiger partial charge < -0.3 is 15.3 Å². The predicted molar refractivity (Wildman–Crippen MR) is 109 cm³/mol. The van der Waals surface area contributed by atoms with E-state index in [4.69, 9.17) is 0 Å². The third-order valence-electron chi connectivity index (χ3n) is 3.98. The average Bonchev–Trinajstić information content (AvgIpc) is 3.03. The fourth-order valence-corrected chi connectivity index (χ4v) is 2.83. The van der Waals surface area contributed by atoms with Gasteiger partial charge in [0.1, 0.15) is 17.7 Å². The molecule has 0 radical (unpaired) electrons. The highest BCUT2D eigenvalue weighted by Gasteiger charge is 2.28. The highest BCUT2D eigenvalue weighted by molar-refractivity contribution is 6.19. The molecule has 0 unspecified atom stereocenters. The van der Waals surface area contributed by atoms with E-state index in [1.807, 2.05) is 39.6 Å². The van der Waals surface area contributed by atoms with E-state index in [1.54, 1.807) is 6.08 Å². The molecular weight excluding hydrogens is 360 g/mol. The summed E-state index contributed by atoms with van der Waals surface area (Å²) in [5.41, 5.74) is 0.851. The van der Waals surface area contributed by atoms with E-state index < -0.39 is 17.4 Å². The van der Waals surface area contributed by atoms with Crippen molar-refractivity contribution < 1.29 is 19.5 Å². The van der Waals surface area contributed by atoms with E-state index in [1.165, 1.54) is 6.08 Å². The molecule has 0 saturated heterocycles. The number of anilines is 1. The summed E-state index contributed by atoms with van der Waals surface area (Å²) in [5.74, 6) is -0.624. The summed E-state index contributed by atoms with van der Waals surface area (Å²) in [5, 5.41) is 16.5. The maximum atomic E-state index is 13.0. The molecule has 0 atom stereocenters. The van der Waals surface area contributed by atoms with E-state index in [-0.39, 0.29) is 0 Å². The van der Waals surface area contributed by atoms with E-state index in [0.717, 1.165) is 4.68 Å². The van der Waals surface area contributed by atoms with Gasteiger partial charge in [-0.3, -0.25) is 14.4 Å². The highest BCUT2D eigenvalue weighted by atomic mass is 16.2. The first-order chi connectivity index (χ1) is 13.3. The highest BCUT2D eigenvalue weighted by Crippen LogP contribution is 2.27. The molecule has 1 amide bonds. The van der Waals surface area contributed by atoms with Crippen LogP contribution in [-0.4, -0.2) is 53.1 Å². The Morgan fingerprint density at radius 3 is 2.50 bits per heavy atom. The molecule has 28 heavy (non-hydrogen) atoms. The van der Waals surface area contributed by atoms with Gasteiger partial charge >= 0.3 is 0 Å². The van der Waals surface area contributed by atoms with Crippen LogP contribution in [0.1, 0.15) is 50.2 Å². The largest absolute Gasteiger partial charge is 0.515 e. The van der Waals surface area contributed by atoms with Gasteiger partial charge in [0, 0.05) is 25.7 Å². The molecule has 1 rings (SSSR count). The molecule has 1 aromatic rings. The molecule has 0 aliphatic carbocycles. The van der Waals surface area contributed by atoms with Crippen LogP contribution in [0.15, 0.2) is 17.9 Å².